The van der Waals surface area contributed by atoms with E-state index in [2.05, 4.69) is 79.9 Å². The number of halogens is 1. The van der Waals surface area contributed by atoms with Crippen molar-refractivity contribution in [2.24, 2.45) is 0 Å². The van der Waals surface area contributed by atoms with Gasteiger partial charge in [-0.15, -0.1) is 0 Å². The monoisotopic (exact) mass is 546 g/mol. The lowest BCUT2D eigenvalue weighted by atomic mass is 9.96. The van der Waals surface area contributed by atoms with Crippen LogP contribution in [0, 0.1) is 13.8 Å². The van der Waals surface area contributed by atoms with Gasteiger partial charge in [-0.3, -0.25) is 4.98 Å². The van der Waals surface area contributed by atoms with Gasteiger partial charge in [-0.05, 0) is 86.2 Å². The van der Waals surface area contributed by atoms with Gasteiger partial charge in [-0.25, -0.2) is 0 Å². The van der Waals surface area contributed by atoms with Gasteiger partial charge < -0.3 is 24.3 Å². The number of thiocarbonyl (C=S) groups is 1. The number of hydrogen-bond acceptors (Lipinski definition) is 4. The van der Waals surface area contributed by atoms with Crippen LogP contribution in [0.3, 0.4) is 0 Å². The highest BCUT2D eigenvalue weighted by Gasteiger charge is 2.42. The quantitative estimate of drug-likeness (QED) is 0.309. The Morgan fingerprint density at radius 3 is 2.51 bits per heavy atom. The zero-order chi connectivity index (χ0) is 24.1. The van der Waals surface area contributed by atoms with Crippen molar-refractivity contribution in [1.29, 1.82) is 0 Å². The first-order chi connectivity index (χ1) is 17.0. The van der Waals surface area contributed by atoms with Crippen LogP contribution in [0.1, 0.15) is 34.7 Å². The number of ether oxygens (including phenoxy) is 2. The zero-order valence-corrected chi connectivity index (χ0v) is 21.6. The van der Waals surface area contributed by atoms with E-state index in [0.29, 0.717) is 5.11 Å². The molecule has 4 heterocycles. The molecule has 2 aliphatic rings. The summed E-state index contributed by atoms with van der Waals surface area (Å²) in [5, 5.41) is 4.23. The van der Waals surface area contributed by atoms with Crippen molar-refractivity contribution in [3.8, 4) is 17.2 Å². The molecule has 2 aromatic carbocycles. The van der Waals surface area contributed by atoms with E-state index in [0.717, 1.165) is 44.4 Å². The molecule has 6 nitrogen and oxygen atoms in total. The average molecular weight is 547 g/mol. The van der Waals surface area contributed by atoms with Crippen LogP contribution in [-0.2, 0) is 0 Å². The molecular formula is C27H23BrN4O2S. The van der Waals surface area contributed by atoms with E-state index in [1.54, 1.807) is 0 Å². The molecule has 0 amide bonds. The average Bonchev–Trinajstić information content (AvgIpc) is 3.55. The molecule has 0 spiro atoms. The fourth-order valence-electron chi connectivity index (χ4n) is 5.06. The van der Waals surface area contributed by atoms with E-state index in [1.807, 2.05) is 42.6 Å². The normalized spacial score (nSPS) is 18.7. The molecule has 0 radical (unpaired) electrons. The third kappa shape index (κ3) is 3.77. The number of benzene rings is 2. The number of pyridine rings is 1. The van der Waals surface area contributed by atoms with Gasteiger partial charge in [0, 0.05) is 39.5 Å². The highest BCUT2D eigenvalue weighted by molar-refractivity contribution is 9.10. The molecule has 2 aliphatic heterocycles. The Morgan fingerprint density at radius 2 is 1.74 bits per heavy atom. The number of fused-ring (bicyclic) bond motifs is 1. The first-order valence-corrected chi connectivity index (χ1v) is 12.6. The summed E-state index contributed by atoms with van der Waals surface area (Å²) in [6, 6.07) is 22.4. The summed E-state index contributed by atoms with van der Waals surface area (Å²) in [5.74, 6) is 1.54. The molecule has 4 aromatic rings. The van der Waals surface area contributed by atoms with E-state index in [9.17, 15) is 0 Å². The van der Waals surface area contributed by atoms with Gasteiger partial charge in [0.05, 0.1) is 17.8 Å². The minimum atomic E-state index is -0.0990. The maximum atomic E-state index is 5.88. The van der Waals surface area contributed by atoms with Crippen LogP contribution in [0.15, 0.2) is 77.4 Å². The summed E-state index contributed by atoms with van der Waals surface area (Å²) in [6.45, 7) is 4.54. The Labute approximate surface area is 217 Å². The van der Waals surface area contributed by atoms with E-state index in [1.165, 1.54) is 5.56 Å². The molecule has 1 fully saturated rings. The fourth-order valence-corrected chi connectivity index (χ4v) is 5.67. The van der Waals surface area contributed by atoms with Crippen LogP contribution >= 0.6 is 28.1 Å². The van der Waals surface area contributed by atoms with Crippen LogP contribution < -0.4 is 19.7 Å². The van der Waals surface area contributed by atoms with Gasteiger partial charge in [0.1, 0.15) is 0 Å². The maximum Gasteiger partial charge on any atom is 0.231 e. The number of nitrogens with zero attached hydrogens (tertiary/aromatic N) is 3. The molecule has 2 aromatic heterocycles. The smallest absolute Gasteiger partial charge is 0.231 e. The molecular weight excluding hydrogens is 524 g/mol. The number of rotatable bonds is 4. The van der Waals surface area contributed by atoms with Gasteiger partial charge in [0.2, 0.25) is 6.79 Å². The Hall–Kier alpha value is -3.36. The largest absolute Gasteiger partial charge is 0.454 e. The molecule has 8 heteroatoms. The molecule has 0 bridgehead atoms. The van der Waals surface area contributed by atoms with Crippen molar-refractivity contribution in [3.05, 3.63) is 100 Å². The molecule has 35 heavy (non-hydrogen) atoms. The second-order valence-corrected chi connectivity index (χ2v) is 9.97. The molecule has 2 unspecified atom stereocenters. The van der Waals surface area contributed by atoms with Gasteiger partial charge in [-0.1, -0.05) is 22.0 Å². The maximum absolute atomic E-state index is 5.88. The van der Waals surface area contributed by atoms with E-state index in [-0.39, 0.29) is 18.9 Å². The summed E-state index contributed by atoms with van der Waals surface area (Å²) >= 11 is 9.43. The lowest BCUT2D eigenvalue weighted by Crippen LogP contribution is -2.29. The molecule has 1 N–H and O–H groups in total. The van der Waals surface area contributed by atoms with Crippen LogP contribution in [0.4, 0.5) is 5.69 Å². The predicted molar refractivity (Wildman–Crippen MR) is 143 cm³/mol. The third-order valence-electron chi connectivity index (χ3n) is 6.61. The van der Waals surface area contributed by atoms with Crippen LogP contribution in [-0.4, -0.2) is 21.5 Å². The molecule has 176 valence electrons. The van der Waals surface area contributed by atoms with Crippen LogP contribution in [0.5, 0.6) is 11.5 Å². The lowest BCUT2D eigenvalue weighted by molar-refractivity contribution is 0.174. The summed E-state index contributed by atoms with van der Waals surface area (Å²) in [7, 11) is 0. The lowest BCUT2D eigenvalue weighted by Gasteiger charge is -2.28. The van der Waals surface area contributed by atoms with Crippen molar-refractivity contribution in [1.82, 2.24) is 14.9 Å². The van der Waals surface area contributed by atoms with Crippen molar-refractivity contribution in [3.63, 3.8) is 0 Å². The van der Waals surface area contributed by atoms with Crippen LogP contribution in [0.2, 0.25) is 0 Å². The Kier molecular flexibility index (Phi) is 5.50. The van der Waals surface area contributed by atoms with Crippen LogP contribution in [0.25, 0.3) is 5.69 Å². The number of aromatic nitrogens is 2. The Bertz CT molecular complexity index is 1420. The fraction of sp³-hybridized carbons (Fsp3) is 0.185. The predicted octanol–water partition coefficient (Wildman–Crippen LogP) is 6.16. The SMILES string of the molecule is Cc1cc(C2C(c3ccccn3)NC(=S)N2c2ccc(Br)cc2)c(C)n1-c1ccc2c(c1)OCO2. The van der Waals surface area contributed by atoms with Crippen molar-refractivity contribution in [2.75, 3.05) is 11.7 Å². The first-order valence-electron chi connectivity index (χ1n) is 11.4. The minimum absolute atomic E-state index is 0.0764. The zero-order valence-electron chi connectivity index (χ0n) is 19.2. The van der Waals surface area contributed by atoms with Gasteiger partial charge in [0.25, 0.3) is 0 Å². The van der Waals surface area contributed by atoms with Gasteiger partial charge in [0.15, 0.2) is 16.6 Å². The highest BCUT2D eigenvalue weighted by Crippen LogP contribution is 2.44. The molecule has 0 aliphatic carbocycles. The number of anilines is 1. The van der Waals surface area contributed by atoms with Crippen molar-refractivity contribution in [2.45, 2.75) is 25.9 Å². The number of hydrogen-bond donors (Lipinski definition) is 1. The standard InChI is InChI=1S/C27H23BrN4O2S/c1-16-13-21(17(2)31(16)20-10-11-23-24(14-20)34-15-33-23)26-25(22-5-3-4-12-29-22)30-27(35)32(26)19-8-6-18(28)7-9-19/h3-14,25-26H,15H2,1-2H3,(H,30,35). The summed E-state index contributed by atoms with van der Waals surface area (Å²) in [6.07, 6.45) is 1.83. The Balaban J connectivity index is 1.50. The van der Waals surface area contributed by atoms with E-state index >= 15 is 0 Å². The van der Waals surface area contributed by atoms with Crippen molar-refractivity contribution < 1.29 is 9.47 Å². The second-order valence-electron chi connectivity index (χ2n) is 8.67. The number of nitrogens with one attached hydrogen (secondary N) is 1. The topological polar surface area (TPSA) is 51.6 Å². The number of aryl methyl sites for hydroxylation is 1. The van der Waals surface area contributed by atoms with Gasteiger partial charge in [-0.2, -0.15) is 0 Å². The van der Waals surface area contributed by atoms with E-state index in [4.69, 9.17) is 21.7 Å². The van der Waals surface area contributed by atoms with E-state index < -0.39 is 0 Å². The summed E-state index contributed by atoms with van der Waals surface area (Å²) < 4.78 is 14.4. The Morgan fingerprint density at radius 1 is 0.971 bits per heavy atom. The first kappa shape index (κ1) is 22.1. The van der Waals surface area contributed by atoms with Gasteiger partial charge >= 0.3 is 0 Å². The third-order valence-corrected chi connectivity index (χ3v) is 7.45. The highest BCUT2D eigenvalue weighted by atomic mass is 79.9. The summed E-state index contributed by atoms with van der Waals surface area (Å²) in [5.41, 5.74) is 6.47. The van der Waals surface area contributed by atoms with Crippen molar-refractivity contribution >= 4 is 38.9 Å². The summed E-state index contributed by atoms with van der Waals surface area (Å²) in [4.78, 5) is 6.88. The second kappa shape index (κ2) is 8.70. The molecule has 6 rings (SSSR count). The molecule has 0 saturated carbocycles. The molecule has 2 atom stereocenters. The molecule has 1 saturated heterocycles. The minimum Gasteiger partial charge on any atom is -0.454 e.